The number of nitrogens with one attached hydrogen (secondary N) is 1. The molecular formula is C23H27NO3. The third-order valence-electron chi connectivity index (χ3n) is 5.29. The standard InChI is InChI=1S/C23H27NO3/c1-15-14-19(24-18-12-8-5-9-13-18)22(23(26)27-3)21(20(15)16(2)25)17-10-6-4-7-11-17/h4,6-7,10-11,14,18,24H,5,8-9,12-13H2,1-3H3. The second-order valence-electron chi connectivity index (χ2n) is 7.26. The van der Waals surface area contributed by atoms with Crippen molar-refractivity contribution in [1.29, 1.82) is 0 Å². The maximum atomic E-state index is 12.8. The van der Waals surface area contributed by atoms with E-state index in [9.17, 15) is 9.59 Å². The van der Waals surface area contributed by atoms with Crippen LogP contribution in [0.1, 0.15) is 65.3 Å². The zero-order valence-electron chi connectivity index (χ0n) is 16.3. The lowest BCUT2D eigenvalue weighted by Crippen LogP contribution is -2.24. The molecule has 0 unspecified atom stereocenters. The van der Waals surface area contributed by atoms with Crippen molar-refractivity contribution in [2.24, 2.45) is 0 Å². The summed E-state index contributed by atoms with van der Waals surface area (Å²) in [5.41, 5.74) is 4.16. The van der Waals surface area contributed by atoms with E-state index in [1.165, 1.54) is 26.4 Å². The van der Waals surface area contributed by atoms with Crippen LogP contribution < -0.4 is 5.32 Å². The van der Waals surface area contributed by atoms with E-state index in [1.807, 2.05) is 43.3 Å². The number of esters is 1. The van der Waals surface area contributed by atoms with E-state index in [0.29, 0.717) is 22.7 Å². The SMILES string of the molecule is COC(=O)c1c(NC2CCCCC2)cc(C)c(C(C)=O)c1-c1ccccc1. The second kappa shape index (κ2) is 8.38. The van der Waals surface area contributed by atoms with E-state index in [-0.39, 0.29) is 5.78 Å². The van der Waals surface area contributed by atoms with Gasteiger partial charge in [-0.15, -0.1) is 0 Å². The number of benzene rings is 2. The molecule has 0 saturated heterocycles. The number of hydrogen-bond donors (Lipinski definition) is 1. The molecule has 27 heavy (non-hydrogen) atoms. The minimum Gasteiger partial charge on any atom is -0.465 e. The fourth-order valence-corrected chi connectivity index (χ4v) is 4.06. The zero-order chi connectivity index (χ0) is 19.4. The molecule has 0 atom stereocenters. The molecule has 1 aliphatic carbocycles. The second-order valence-corrected chi connectivity index (χ2v) is 7.26. The predicted molar refractivity (Wildman–Crippen MR) is 108 cm³/mol. The molecule has 142 valence electrons. The number of anilines is 1. The van der Waals surface area contributed by atoms with Gasteiger partial charge < -0.3 is 10.1 Å². The van der Waals surface area contributed by atoms with Crippen LogP contribution in [-0.2, 0) is 4.74 Å². The summed E-state index contributed by atoms with van der Waals surface area (Å²) in [6.07, 6.45) is 5.84. The summed E-state index contributed by atoms with van der Waals surface area (Å²) in [4.78, 5) is 25.2. The Kier molecular flexibility index (Phi) is 5.94. The lowest BCUT2D eigenvalue weighted by atomic mass is 9.87. The molecule has 0 amide bonds. The highest BCUT2D eigenvalue weighted by atomic mass is 16.5. The summed E-state index contributed by atoms with van der Waals surface area (Å²) in [6.45, 7) is 3.47. The van der Waals surface area contributed by atoms with Gasteiger partial charge in [-0.2, -0.15) is 0 Å². The molecule has 0 aliphatic heterocycles. The fourth-order valence-electron chi connectivity index (χ4n) is 4.06. The van der Waals surface area contributed by atoms with Crippen LogP contribution in [0.4, 0.5) is 5.69 Å². The highest BCUT2D eigenvalue weighted by molar-refractivity contribution is 6.11. The van der Waals surface area contributed by atoms with E-state index in [1.54, 1.807) is 6.92 Å². The van der Waals surface area contributed by atoms with Crippen molar-refractivity contribution in [1.82, 2.24) is 0 Å². The number of Topliss-reactive ketones (excluding diaryl/α,β-unsaturated/α-hetero) is 1. The molecular weight excluding hydrogens is 338 g/mol. The Morgan fingerprint density at radius 3 is 2.30 bits per heavy atom. The van der Waals surface area contributed by atoms with E-state index < -0.39 is 5.97 Å². The Hall–Kier alpha value is -2.62. The van der Waals surface area contributed by atoms with Gasteiger partial charge in [0.05, 0.1) is 12.7 Å². The van der Waals surface area contributed by atoms with Gasteiger partial charge in [0.1, 0.15) is 0 Å². The van der Waals surface area contributed by atoms with E-state index >= 15 is 0 Å². The van der Waals surface area contributed by atoms with Gasteiger partial charge >= 0.3 is 5.97 Å². The fraction of sp³-hybridized carbons (Fsp3) is 0.391. The summed E-state index contributed by atoms with van der Waals surface area (Å²) < 4.78 is 5.11. The number of ketones is 1. The molecule has 0 radical (unpaired) electrons. The summed E-state index contributed by atoms with van der Waals surface area (Å²) in [5, 5.41) is 3.57. The lowest BCUT2D eigenvalue weighted by Gasteiger charge is -2.27. The molecule has 0 aromatic heterocycles. The Morgan fingerprint density at radius 2 is 1.70 bits per heavy atom. The Labute approximate surface area is 160 Å². The first-order valence-corrected chi connectivity index (χ1v) is 9.61. The maximum absolute atomic E-state index is 12.8. The molecule has 1 aliphatic rings. The first-order chi connectivity index (χ1) is 13.0. The van der Waals surface area contributed by atoms with Gasteiger partial charge in [0.2, 0.25) is 0 Å². The van der Waals surface area contributed by atoms with Crippen molar-refractivity contribution < 1.29 is 14.3 Å². The van der Waals surface area contributed by atoms with Crippen LogP contribution in [-0.4, -0.2) is 24.9 Å². The van der Waals surface area contributed by atoms with Gasteiger partial charge in [0.25, 0.3) is 0 Å². The van der Waals surface area contributed by atoms with Crippen molar-refractivity contribution in [2.45, 2.75) is 52.0 Å². The molecule has 1 fully saturated rings. The number of ether oxygens (including phenoxy) is 1. The maximum Gasteiger partial charge on any atom is 0.340 e. The van der Waals surface area contributed by atoms with Crippen LogP contribution in [0, 0.1) is 6.92 Å². The van der Waals surface area contributed by atoms with Crippen LogP contribution in [0.15, 0.2) is 36.4 Å². The van der Waals surface area contributed by atoms with Crippen LogP contribution in [0.2, 0.25) is 0 Å². The first kappa shape index (κ1) is 19.2. The van der Waals surface area contributed by atoms with Crippen molar-refractivity contribution in [3.8, 4) is 11.1 Å². The van der Waals surface area contributed by atoms with Crippen molar-refractivity contribution in [2.75, 3.05) is 12.4 Å². The van der Waals surface area contributed by atoms with Gasteiger partial charge in [0, 0.05) is 22.9 Å². The normalized spacial score (nSPS) is 14.6. The largest absolute Gasteiger partial charge is 0.465 e. The molecule has 0 spiro atoms. The van der Waals surface area contributed by atoms with Crippen LogP contribution in [0.25, 0.3) is 11.1 Å². The Bertz CT molecular complexity index is 836. The molecule has 3 rings (SSSR count). The molecule has 0 bridgehead atoms. The third-order valence-corrected chi connectivity index (χ3v) is 5.29. The predicted octanol–water partition coefficient (Wildman–Crippen LogP) is 5.40. The summed E-state index contributed by atoms with van der Waals surface area (Å²) in [7, 11) is 1.38. The summed E-state index contributed by atoms with van der Waals surface area (Å²) in [5.74, 6) is -0.476. The Morgan fingerprint density at radius 1 is 1.04 bits per heavy atom. The molecule has 1 N–H and O–H groups in total. The highest BCUT2D eigenvalue weighted by Crippen LogP contribution is 2.37. The zero-order valence-corrected chi connectivity index (χ0v) is 16.3. The average Bonchev–Trinajstić information content (AvgIpc) is 2.68. The third kappa shape index (κ3) is 4.05. The van der Waals surface area contributed by atoms with Gasteiger partial charge in [0.15, 0.2) is 5.78 Å². The topological polar surface area (TPSA) is 55.4 Å². The van der Waals surface area contributed by atoms with Gasteiger partial charge in [-0.1, -0.05) is 49.6 Å². The minimum atomic E-state index is -0.422. The van der Waals surface area contributed by atoms with Gasteiger partial charge in [-0.05, 0) is 43.9 Å². The summed E-state index contributed by atoms with van der Waals surface area (Å²) in [6, 6.07) is 11.9. The summed E-state index contributed by atoms with van der Waals surface area (Å²) >= 11 is 0. The van der Waals surface area contributed by atoms with Crippen molar-refractivity contribution in [3.05, 3.63) is 53.1 Å². The number of carbonyl (C=O) groups excluding carboxylic acids is 2. The van der Waals surface area contributed by atoms with Gasteiger partial charge in [-0.25, -0.2) is 4.79 Å². The Balaban J connectivity index is 2.23. The lowest BCUT2D eigenvalue weighted by molar-refractivity contribution is 0.0602. The number of aryl methyl sites for hydroxylation is 1. The van der Waals surface area contributed by atoms with Gasteiger partial charge in [-0.3, -0.25) is 4.79 Å². The van der Waals surface area contributed by atoms with Crippen molar-refractivity contribution >= 4 is 17.4 Å². The van der Waals surface area contributed by atoms with Crippen LogP contribution in [0.5, 0.6) is 0 Å². The molecule has 0 heterocycles. The minimum absolute atomic E-state index is 0.0549. The van der Waals surface area contributed by atoms with E-state index in [4.69, 9.17) is 4.74 Å². The van der Waals surface area contributed by atoms with E-state index in [0.717, 1.165) is 29.7 Å². The number of carbonyl (C=O) groups is 2. The number of rotatable bonds is 5. The number of hydrogen-bond acceptors (Lipinski definition) is 4. The molecule has 4 heteroatoms. The quantitative estimate of drug-likeness (QED) is 0.570. The smallest absolute Gasteiger partial charge is 0.340 e. The first-order valence-electron chi connectivity index (χ1n) is 9.61. The van der Waals surface area contributed by atoms with E-state index in [2.05, 4.69) is 5.32 Å². The molecule has 1 saturated carbocycles. The molecule has 2 aromatic rings. The number of methoxy groups -OCH3 is 1. The average molecular weight is 365 g/mol. The molecule has 2 aromatic carbocycles. The van der Waals surface area contributed by atoms with Crippen LogP contribution >= 0.6 is 0 Å². The highest BCUT2D eigenvalue weighted by Gasteiger charge is 2.26. The van der Waals surface area contributed by atoms with Crippen molar-refractivity contribution in [3.63, 3.8) is 0 Å². The molecule has 4 nitrogen and oxygen atoms in total. The monoisotopic (exact) mass is 365 g/mol. The van der Waals surface area contributed by atoms with Crippen LogP contribution in [0.3, 0.4) is 0 Å².